The Morgan fingerprint density at radius 2 is 0.473 bits per heavy atom. The van der Waals surface area contributed by atoms with Gasteiger partial charge in [0.1, 0.15) is 24.2 Å². The smallest absolute Gasteiger partial charge is 0.243 e. The van der Waals surface area contributed by atoms with Gasteiger partial charge in [0.2, 0.25) is 47.3 Å². The molecule has 20 nitrogen and oxygen atoms in total. The van der Waals surface area contributed by atoms with E-state index in [1.165, 1.54) is 120 Å². The molecule has 24 heteroatoms. The van der Waals surface area contributed by atoms with E-state index in [2.05, 4.69) is 42.5 Å². The molecular weight excluding hydrogens is 1260 g/mol. The molecule has 0 aromatic rings. The highest BCUT2D eigenvalue weighted by Gasteiger charge is 2.56. The summed E-state index contributed by atoms with van der Waals surface area (Å²) in [4.78, 5) is 115. The third kappa shape index (κ3) is 16.3. The van der Waals surface area contributed by atoms with Gasteiger partial charge in [-0.2, -0.15) is 0 Å². The lowest BCUT2D eigenvalue weighted by atomic mass is 9.53. The van der Waals surface area contributed by atoms with Gasteiger partial charge < -0.3 is 61.5 Å². The molecule has 0 aromatic carbocycles. The van der Waals surface area contributed by atoms with Crippen LogP contribution in [0.2, 0.25) is 0 Å². The van der Waals surface area contributed by atoms with Gasteiger partial charge in [-0.05, 0) is 225 Å². The van der Waals surface area contributed by atoms with Crippen LogP contribution >= 0.6 is 43.2 Å². The van der Waals surface area contributed by atoms with Crippen molar-refractivity contribution in [2.24, 2.45) is 76.4 Å². The summed E-state index contributed by atoms with van der Waals surface area (Å²) in [5.74, 6) is 6.01. The Hall–Kier alpha value is -3.00. The zero-order valence-corrected chi connectivity index (χ0v) is 57.8. The summed E-state index contributed by atoms with van der Waals surface area (Å²) in [6.45, 7) is -0.296. The summed E-state index contributed by atoms with van der Waals surface area (Å²) < 4.78 is 25.6. The summed E-state index contributed by atoms with van der Waals surface area (Å²) in [6.07, 6.45) is 25.9. The molecule has 2 heterocycles. The van der Waals surface area contributed by atoms with Crippen molar-refractivity contribution < 1.29 is 57.3 Å². The van der Waals surface area contributed by atoms with Gasteiger partial charge in [-0.15, -0.1) is 0 Å². The van der Waals surface area contributed by atoms with Crippen molar-refractivity contribution >= 4 is 90.4 Å². The van der Waals surface area contributed by atoms with Crippen LogP contribution in [0.15, 0.2) is 0 Å². The monoisotopic (exact) mass is 1360 g/mol. The number of nitrogens with one attached hydrogen (secondary N) is 8. The standard InChI is InChI=1S/C69H104N8O12S4/c78-57-1-5-86-37-65(38-87-6-2-58(79)71-54(62(83)75-67-24-44-12-45(25-67)14-46(13-44)26-67)34-91-90-33-53(70-57)61(82)74-66-21-41-9-42(22-66)11-43(10-41)23-66)39-88-7-3-59(80)72-55(63(84)76-68-27-47-15-48(28-68)17-49(16-47)29-68)35-92-93-36-56(73-60(81)4-8-89-40-65)64(85)77-69-30-50-18-51(31-69)20-52(19-50)32-69/h41-56H,1-40H2,(H,70,78)(H,71,79)(H,72,80)(H,73,81)(H,74,82)(H,75,83)(H,76,84)(H,77,85)/t41?,42?,43?,44?,45?,46?,47?,48?,49?,50?,51?,52?,53-,54?,55?,56?,65?,66?,67?,68?,69?/m0/s1. The Morgan fingerprint density at radius 1 is 0.301 bits per heavy atom. The predicted octanol–water partition coefficient (Wildman–Crippen LogP) is 6.67. The maximum Gasteiger partial charge on any atom is 0.243 e. The summed E-state index contributed by atoms with van der Waals surface area (Å²) in [7, 11) is 5.67. The van der Waals surface area contributed by atoms with Crippen molar-refractivity contribution in [2.45, 2.75) is 226 Å². The van der Waals surface area contributed by atoms with E-state index in [9.17, 15) is 38.4 Å². The van der Waals surface area contributed by atoms with E-state index >= 15 is 0 Å². The van der Waals surface area contributed by atoms with Crippen molar-refractivity contribution in [2.75, 3.05) is 75.9 Å². The van der Waals surface area contributed by atoms with E-state index < -0.39 is 29.6 Å². The van der Waals surface area contributed by atoms with Crippen LogP contribution < -0.4 is 42.5 Å². The number of carbonyl (C=O) groups excluding carboxylic acids is 8. The molecule has 0 aromatic heterocycles. The fourth-order valence-electron chi connectivity index (χ4n) is 22.8. The molecule has 516 valence electrons. The molecular formula is C69H104N8O12S4. The molecule has 0 radical (unpaired) electrons. The van der Waals surface area contributed by atoms with Crippen molar-refractivity contribution in [3.63, 3.8) is 0 Å². The highest BCUT2D eigenvalue weighted by molar-refractivity contribution is 8.77. The first kappa shape index (κ1) is 67.2. The molecule has 18 aliphatic rings. The number of rotatable bonds is 8. The molecule has 16 saturated carbocycles. The van der Waals surface area contributed by atoms with E-state index in [1.807, 2.05) is 0 Å². The summed E-state index contributed by atoms with van der Waals surface area (Å²) in [5, 5.41) is 26.3. The number of ether oxygens (including phenoxy) is 4. The molecule has 2 saturated heterocycles. The summed E-state index contributed by atoms with van der Waals surface area (Å²) >= 11 is 0. The van der Waals surface area contributed by atoms with Gasteiger partial charge in [0.25, 0.3) is 0 Å². The molecule has 8 amide bonds. The van der Waals surface area contributed by atoms with Gasteiger partial charge >= 0.3 is 0 Å². The van der Waals surface area contributed by atoms with Crippen molar-refractivity contribution in [1.82, 2.24) is 42.5 Å². The van der Waals surface area contributed by atoms with E-state index in [0.717, 1.165) is 77.0 Å². The van der Waals surface area contributed by atoms with Crippen molar-refractivity contribution in [3.05, 3.63) is 0 Å². The van der Waals surface area contributed by atoms with Gasteiger partial charge in [-0.25, -0.2) is 0 Å². The van der Waals surface area contributed by atoms with Crippen LogP contribution in [0.4, 0.5) is 0 Å². The van der Waals surface area contributed by atoms with Crippen molar-refractivity contribution in [1.29, 1.82) is 0 Å². The van der Waals surface area contributed by atoms with Gasteiger partial charge in [0.15, 0.2) is 0 Å². The lowest BCUT2D eigenvalue weighted by Gasteiger charge is -2.57. The Bertz CT molecular complexity index is 2290. The van der Waals surface area contributed by atoms with E-state index in [0.29, 0.717) is 71.0 Å². The summed E-state index contributed by atoms with van der Waals surface area (Å²) in [6, 6.07) is -3.46. The zero-order chi connectivity index (χ0) is 64.0. The Morgan fingerprint density at radius 3 is 0.645 bits per heavy atom. The molecule has 8 N–H and O–H groups in total. The molecule has 1 spiro atoms. The molecule has 16 bridgehead atoms. The SMILES string of the molecule is O=C1CCOCC2(COCCC(=O)NC(C(=O)NC34CC5CC(CC(C5)C3)C4)CSSCC(C(=O)NC34CC5CC(CC(C5)C3)C4)N1)COCCC(=O)NC(C(=O)NC13CC4CC(CC(C4)C1)C3)CSSC[C@@H](C(=O)NC13CC4CC(CC(C4)C1)C3)NC(=O)CCOC2. The van der Waals surface area contributed by atoms with Crippen LogP contribution in [0.3, 0.4) is 0 Å². The average Bonchev–Trinajstić information content (AvgIpc) is 0.780. The largest absolute Gasteiger partial charge is 0.380 e. The number of hydrogen-bond donors (Lipinski definition) is 8. The van der Waals surface area contributed by atoms with Crippen LogP contribution in [-0.2, 0) is 57.3 Å². The van der Waals surface area contributed by atoms with Gasteiger partial charge in [0, 0.05) is 70.9 Å². The average molecular weight is 1370 g/mol. The number of hydrogen-bond acceptors (Lipinski definition) is 16. The minimum Gasteiger partial charge on any atom is -0.380 e. The van der Waals surface area contributed by atoms with E-state index in [-0.39, 0.29) is 171 Å². The fraction of sp³-hybridized carbons (Fsp3) is 0.884. The molecule has 4 atom stereocenters. The Kier molecular flexibility index (Phi) is 20.7. The number of carbonyl (C=O) groups is 8. The van der Waals surface area contributed by atoms with Crippen molar-refractivity contribution in [3.8, 4) is 0 Å². The number of amides is 8. The third-order valence-electron chi connectivity index (χ3n) is 24.9. The van der Waals surface area contributed by atoms with Crippen LogP contribution in [0.25, 0.3) is 0 Å². The second kappa shape index (κ2) is 28.7. The highest BCUT2D eigenvalue weighted by atomic mass is 33.1. The van der Waals surface area contributed by atoms with Crippen LogP contribution in [0.1, 0.15) is 180 Å². The normalized spacial score (nSPS) is 44.8. The molecule has 2 aliphatic heterocycles. The fourth-order valence-corrected chi connectivity index (χ4v) is 27.4. The predicted molar refractivity (Wildman–Crippen MR) is 358 cm³/mol. The molecule has 18 rings (SSSR count). The van der Waals surface area contributed by atoms with Crippen LogP contribution in [0, 0.1) is 76.4 Å². The molecule has 93 heavy (non-hydrogen) atoms. The van der Waals surface area contributed by atoms with Crippen LogP contribution in [-0.4, -0.2) is 169 Å². The topological polar surface area (TPSA) is 270 Å². The Labute approximate surface area is 565 Å². The van der Waals surface area contributed by atoms with E-state index in [1.54, 1.807) is 0 Å². The zero-order valence-electron chi connectivity index (χ0n) is 54.6. The minimum absolute atomic E-state index is 0.0258. The van der Waals surface area contributed by atoms with Gasteiger partial charge in [-0.3, -0.25) is 38.4 Å². The van der Waals surface area contributed by atoms with Crippen LogP contribution in [0.5, 0.6) is 0 Å². The van der Waals surface area contributed by atoms with E-state index in [4.69, 9.17) is 18.9 Å². The first-order chi connectivity index (χ1) is 44.9. The molecule has 18 fully saturated rings. The lowest BCUT2D eigenvalue weighted by molar-refractivity contribution is -0.136. The summed E-state index contributed by atoms with van der Waals surface area (Å²) in [5.41, 5.74) is -2.21. The first-order valence-corrected chi connectivity index (χ1v) is 41.1. The maximum atomic E-state index is 14.6. The van der Waals surface area contributed by atoms with Gasteiger partial charge in [-0.1, -0.05) is 43.2 Å². The maximum absolute atomic E-state index is 14.6. The van der Waals surface area contributed by atoms with Gasteiger partial charge in [0.05, 0.1) is 58.3 Å². The minimum atomic E-state index is -1.10. The first-order valence-electron chi connectivity index (χ1n) is 36.1. The third-order valence-corrected chi connectivity index (χ3v) is 29.8. The lowest BCUT2D eigenvalue weighted by Crippen LogP contribution is -2.63. The second-order valence-corrected chi connectivity index (χ2v) is 38.2. The Balaban J connectivity index is 0.678. The highest BCUT2D eigenvalue weighted by Crippen LogP contribution is 2.59. The quantitative estimate of drug-likeness (QED) is 0.118. The molecule has 3 unspecified atom stereocenters. The molecule has 16 aliphatic carbocycles. The second-order valence-electron chi connectivity index (χ2n) is 33.1.